The maximum absolute atomic E-state index is 12.2. The number of anilines is 1. The van der Waals surface area contributed by atoms with Crippen LogP contribution >= 0.6 is 0 Å². The number of hydrogen-bond acceptors (Lipinski definition) is 4. The van der Waals surface area contributed by atoms with Gasteiger partial charge in [0.25, 0.3) is 5.91 Å². The molecule has 1 atom stereocenters. The topological polar surface area (TPSA) is 64.6 Å². The van der Waals surface area contributed by atoms with Crippen LogP contribution in [0, 0.1) is 0 Å². The molecule has 0 saturated heterocycles. The van der Waals surface area contributed by atoms with Crippen LogP contribution in [0.15, 0.2) is 54.6 Å². The molecule has 2 rings (SSSR count). The van der Waals surface area contributed by atoms with Crippen molar-refractivity contribution in [3.8, 4) is 5.75 Å². The molecule has 5 nitrogen and oxygen atoms in total. The first kappa shape index (κ1) is 20.2. The molecule has 0 aromatic heterocycles. The summed E-state index contributed by atoms with van der Waals surface area (Å²) < 4.78 is 10.7. The van der Waals surface area contributed by atoms with E-state index in [9.17, 15) is 9.59 Å². The van der Waals surface area contributed by atoms with Crippen molar-refractivity contribution in [1.82, 2.24) is 0 Å². The quantitative estimate of drug-likeness (QED) is 0.560. The van der Waals surface area contributed by atoms with E-state index in [1.54, 1.807) is 6.08 Å². The second-order valence-electron chi connectivity index (χ2n) is 5.92. The average molecular weight is 367 g/mol. The lowest BCUT2D eigenvalue weighted by atomic mass is 10.1. The summed E-state index contributed by atoms with van der Waals surface area (Å²) in [6, 6.07) is 14.9. The van der Waals surface area contributed by atoms with E-state index in [0.717, 1.165) is 12.0 Å². The second-order valence-corrected chi connectivity index (χ2v) is 5.92. The number of rotatable bonds is 8. The van der Waals surface area contributed by atoms with E-state index in [-0.39, 0.29) is 5.91 Å². The third-order valence-electron chi connectivity index (χ3n) is 3.91. The molecule has 2 aromatic rings. The molecule has 0 bridgehead atoms. The van der Waals surface area contributed by atoms with Crippen LogP contribution in [0.1, 0.15) is 31.9 Å². The zero-order valence-corrected chi connectivity index (χ0v) is 15.9. The first-order valence-corrected chi connectivity index (χ1v) is 9.03. The molecule has 0 aliphatic heterocycles. The number of ether oxygens (including phenoxy) is 2. The molecular weight excluding hydrogens is 342 g/mol. The maximum Gasteiger partial charge on any atom is 0.331 e. The van der Waals surface area contributed by atoms with Gasteiger partial charge in [0.05, 0.1) is 6.61 Å². The number of amides is 1. The third-order valence-corrected chi connectivity index (χ3v) is 3.91. The lowest BCUT2D eigenvalue weighted by Crippen LogP contribution is -2.29. The number of hydrogen-bond donors (Lipinski definition) is 1. The summed E-state index contributed by atoms with van der Waals surface area (Å²) >= 11 is 0. The van der Waals surface area contributed by atoms with Crippen LogP contribution in [0.5, 0.6) is 5.75 Å². The SMILES string of the molecule is CCOc1ccccc1/C=C/C(=O)OC(C)C(=O)Nc1ccc(CC)cc1. The highest BCUT2D eigenvalue weighted by molar-refractivity contribution is 5.96. The average Bonchev–Trinajstić information content (AvgIpc) is 2.68. The number of para-hydroxylation sites is 1. The molecule has 27 heavy (non-hydrogen) atoms. The van der Waals surface area contributed by atoms with Gasteiger partial charge in [-0.1, -0.05) is 37.3 Å². The predicted molar refractivity (Wildman–Crippen MR) is 107 cm³/mol. The van der Waals surface area contributed by atoms with E-state index in [0.29, 0.717) is 18.0 Å². The van der Waals surface area contributed by atoms with E-state index in [4.69, 9.17) is 9.47 Å². The molecule has 2 aromatic carbocycles. The number of aryl methyl sites for hydroxylation is 1. The van der Waals surface area contributed by atoms with Crippen molar-refractivity contribution in [3.63, 3.8) is 0 Å². The van der Waals surface area contributed by atoms with Crippen LogP contribution in [0.4, 0.5) is 5.69 Å². The summed E-state index contributed by atoms with van der Waals surface area (Å²) in [5.74, 6) is -0.286. The smallest absolute Gasteiger partial charge is 0.331 e. The molecule has 0 radical (unpaired) electrons. The van der Waals surface area contributed by atoms with Gasteiger partial charge in [0.15, 0.2) is 6.10 Å². The molecule has 0 spiro atoms. The third kappa shape index (κ3) is 6.29. The zero-order valence-electron chi connectivity index (χ0n) is 15.9. The molecule has 0 aliphatic carbocycles. The van der Waals surface area contributed by atoms with E-state index in [1.165, 1.54) is 18.6 Å². The molecule has 1 unspecified atom stereocenters. The molecule has 5 heteroatoms. The fourth-order valence-electron chi connectivity index (χ4n) is 2.40. The highest BCUT2D eigenvalue weighted by atomic mass is 16.5. The van der Waals surface area contributed by atoms with Gasteiger partial charge in [-0.25, -0.2) is 4.79 Å². The highest BCUT2D eigenvalue weighted by Crippen LogP contribution is 2.19. The lowest BCUT2D eigenvalue weighted by molar-refractivity contribution is -0.148. The van der Waals surface area contributed by atoms with Crippen molar-refractivity contribution in [2.24, 2.45) is 0 Å². The Morgan fingerprint density at radius 1 is 1.07 bits per heavy atom. The van der Waals surface area contributed by atoms with E-state index < -0.39 is 12.1 Å². The van der Waals surface area contributed by atoms with Crippen molar-refractivity contribution in [2.75, 3.05) is 11.9 Å². The maximum atomic E-state index is 12.2. The number of esters is 1. The summed E-state index contributed by atoms with van der Waals surface area (Å²) in [5.41, 5.74) is 2.62. The van der Waals surface area contributed by atoms with E-state index in [2.05, 4.69) is 12.2 Å². The Balaban J connectivity index is 1.91. The fraction of sp³-hybridized carbons (Fsp3) is 0.273. The lowest BCUT2D eigenvalue weighted by Gasteiger charge is -2.12. The monoisotopic (exact) mass is 367 g/mol. The summed E-state index contributed by atoms with van der Waals surface area (Å²) in [6.07, 6.45) is 2.93. The van der Waals surface area contributed by atoms with Crippen LogP contribution in [-0.4, -0.2) is 24.6 Å². The van der Waals surface area contributed by atoms with Gasteiger partial charge in [0, 0.05) is 17.3 Å². The predicted octanol–water partition coefficient (Wildman–Crippen LogP) is 4.23. The molecule has 0 saturated carbocycles. The Kier molecular flexibility index (Phi) is 7.62. The Bertz CT molecular complexity index is 796. The van der Waals surface area contributed by atoms with Crippen LogP contribution in [0.2, 0.25) is 0 Å². The van der Waals surface area contributed by atoms with E-state index >= 15 is 0 Å². The molecule has 1 N–H and O–H groups in total. The minimum Gasteiger partial charge on any atom is -0.493 e. The van der Waals surface area contributed by atoms with E-state index in [1.807, 2.05) is 55.5 Å². The summed E-state index contributed by atoms with van der Waals surface area (Å²) in [7, 11) is 0. The number of nitrogens with one attached hydrogen (secondary N) is 1. The number of carbonyl (C=O) groups is 2. The number of carbonyl (C=O) groups excluding carboxylic acids is 2. The van der Waals surface area contributed by atoms with Gasteiger partial charge in [-0.15, -0.1) is 0 Å². The Morgan fingerprint density at radius 2 is 1.78 bits per heavy atom. The molecule has 1 amide bonds. The largest absolute Gasteiger partial charge is 0.493 e. The van der Waals surface area contributed by atoms with Gasteiger partial charge in [0.1, 0.15) is 5.75 Å². The Labute approximate surface area is 160 Å². The fourth-order valence-corrected chi connectivity index (χ4v) is 2.40. The zero-order chi connectivity index (χ0) is 19.6. The van der Waals surface area contributed by atoms with Gasteiger partial charge in [0.2, 0.25) is 0 Å². The Hall–Kier alpha value is -3.08. The first-order chi connectivity index (χ1) is 13.0. The summed E-state index contributed by atoms with van der Waals surface area (Å²) in [4.78, 5) is 24.2. The minimum atomic E-state index is -0.907. The molecule has 142 valence electrons. The van der Waals surface area contributed by atoms with Crippen molar-refractivity contribution in [3.05, 3.63) is 65.7 Å². The van der Waals surface area contributed by atoms with Crippen LogP contribution < -0.4 is 10.1 Å². The second kappa shape index (κ2) is 10.2. The molecule has 0 heterocycles. The summed E-state index contributed by atoms with van der Waals surface area (Å²) in [5, 5.41) is 2.74. The summed E-state index contributed by atoms with van der Waals surface area (Å²) in [6.45, 7) is 6.03. The van der Waals surface area contributed by atoms with Gasteiger partial charge >= 0.3 is 5.97 Å². The molecule has 0 fully saturated rings. The standard InChI is InChI=1S/C22H25NO4/c1-4-17-10-13-19(14-11-17)23-22(25)16(3)27-21(24)15-12-18-8-6-7-9-20(18)26-5-2/h6-16H,4-5H2,1-3H3,(H,23,25)/b15-12+. The highest BCUT2D eigenvalue weighted by Gasteiger charge is 2.16. The van der Waals surface area contributed by atoms with Gasteiger partial charge in [-0.05, 0) is 50.1 Å². The van der Waals surface area contributed by atoms with Crippen molar-refractivity contribution in [2.45, 2.75) is 33.3 Å². The minimum absolute atomic E-state index is 0.379. The van der Waals surface area contributed by atoms with Crippen LogP contribution in [0.3, 0.4) is 0 Å². The van der Waals surface area contributed by atoms with Crippen molar-refractivity contribution >= 4 is 23.6 Å². The van der Waals surface area contributed by atoms with Crippen LogP contribution in [-0.2, 0) is 20.7 Å². The molecule has 0 aliphatic rings. The molecular formula is C22H25NO4. The Morgan fingerprint density at radius 3 is 2.44 bits per heavy atom. The van der Waals surface area contributed by atoms with Gasteiger partial charge in [-0.3, -0.25) is 4.79 Å². The van der Waals surface area contributed by atoms with Crippen molar-refractivity contribution < 1.29 is 19.1 Å². The normalized spacial score (nSPS) is 11.8. The van der Waals surface area contributed by atoms with Crippen molar-refractivity contribution in [1.29, 1.82) is 0 Å². The first-order valence-electron chi connectivity index (χ1n) is 9.03. The van der Waals surface area contributed by atoms with Gasteiger partial charge < -0.3 is 14.8 Å². The number of benzene rings is 2. The van der Waals surface area contributed by atoms with Crippen LogP contribution in [0.25, 0.3) is 6.08 Å². The van der Waals surface area contributed by atoms with Gasteiger partial charge in [-0.2, -0.15) is 0 Å².